The van der Waals surface area contributed by atoms with Crippen LogP contribution in [0.25, 0.3) is 0 Å². The Morgan fingerprint density at radius 3 is 2.60 bits per heavy atom. The Morgan fingerprint density at radius 1 is 1.50 bits per heavy atom. The summed E-state index contributed by atoms with van der Waals surface area (Å²) in [5, 5.41) is 8.74. The molecule has 0 spiro atoms. The molecule has 0 bridgehead atoms. The van der Waals surface area contributed by atoms with Gasteiger partial charge in [-0.3, -0.25) is 0 Å². The molecule has 4 heteroatoms. The molecule has 0 saturated heterocycles. The maximum absolute atomic E-state index is 10.3. The largest absolute Gasteiger partial charge is 0.507 e. The highest BCUT2D eigenvalue weighted by molar-refractivity contribution is 7.72. The maximum atomic E-state index is 10.3. The second-order valence-corrected chi connectivity index (χ2v) is 2.72. The molecule has 10 heavy (non-hydrogen) atoms. The first-order chi connectivity index (χ1) is 4.70. The van der Waals surface area contributed by atoms with Gasteiger partial charge >= 0.3 is 0 Å². The molecule has 1 N–H and O–H groups in total. The smallest absolute Gasteiger partial charge is 0.168 e. The van der Waals surface area contributed by atoms with Crippen molar-refractivity contribution in [2.45, 2.75) is 4.90 Å². The summed E-state index contributed by atoms with van der Waals surface area (Å²) in [5.41, 5.74) is 0. The molecule has 1 radical (unpaired) electrons. The van der Waals surface area contributed by atoms with Gasteiger partial charge in [0.1, 0.15) is 5.75 Å². The van der Waals surface area contributed by atoms with Gasteiger partial charge in [-0.2, -0.15) is 0 Å². The van der Waals surface area contributed by atoms with E-state index < -0.39 is 10.7 Å². The van der Waals surface area contributed by atoms with Crippen LogP contribution in [0.5, 0.6) is 5.75 Å². The highest BCUT2D eigenvalue weighted by Gasteiger charge is 1.93. The molecule has 0 unspecified atom stereocenters. The van der Waals surface area contributed by atoms with Crippen LogP contribution in [0.4, 0.5) is 0 Å². The fraction of sp³-hybridized carbons (Fsp3) is 0. The van der Waals surface area contributed by atoms with Gasteiger partial charge in [0, 0.05) is 6.07 Å². The van der Waals surface area contributed by atoms with E-state index in [-0.39, 0.29) is 10.6 Å². The number of hydrogen-bond acceptors (Lipinski definition) is 3. The molecule has 0 saturated carbocycles. The lowest BCUT2D eigenvalue weighted by Crippen LogP contribution is -1.77. The van der Waals surface area contributed by atoms with Gasteiger partial charge in [0.15, 0.2) is 10.7 Å². The molecule has 53 valence electrons. The molecule has 0 atom stereocenters. The summed E-state index contributed by atoms with van der Waals surface area (Å²) >= 11 is 0. The number of aromatic hydroxyl groups is 1. The topological polar surface area (TPSA) is 54.4 Å². The van der Waals surface area contributed by atoms with Crippen molar-refractivity contribution in [2.24, 2.45) is 0 Å². The summed E-state index contributed by atoms with van der Waals surface area (Å²) in [7, 11) is -2.59. The maximum Gasteiger partial charge on any atom is 0.168 e. The van der Waals surface area contributed by atoms with Crippen LogP contribution in [-0.2, 0) is 10.7 Å². The van der Waals surface area contributed by atoms with Crippen molar-refractivity contribution >= 4 is 10.7 Å². The monoisotopic (exact) mass is 157 g/mol. The number of thiol groups is 1. The van der Waals surface area contributed by atoms with Crippen LogP contribution in [0.1, 0.15) is 0 Å². The molecule has 0 aliphatic rings. The van der Waals surface area contributed by atoms with E-state index in [0.717, 1.165) is 6.07 Å². The van der Waals surface area contributed by atoms with E-state index in [9.17, 15) is 8.42 Å². The predicted octanol–water partition coefficient (Wildman–Crippen LogP) is 0.163. The number of phenols is 1. The summed E-state index contributed by atoms with van der Waals surface area (Å²) < 4.78 is 20.5. The van der Waals surface area contributed by atoms with Gasteiger partial charge in [0.25, 0.3) is 0 Å². The molecule has 1 aromatic carbocycles. The highest BCUT2D eigenvalue weighted by Crippen LogP contribution is 2.10. The molecule has 1 aromatic rings. The summed E-state index contributed by atoms with van der Waals surface area (Å²) in [5.74, 6) is -0.156. The second-order valence-electron chi connectivity index (χ2n) is 1.69. The number of hydrogen-bond donors (Lipinski definition) is 2. The molecule has 1 rings (SSSR count). The van der Waals surface area contributed by atoms with Crippen LogP contribution in [0.15, 0.2) is 23.1 Å². The standard InChI is InChI=1S/C6H5O3S/c7-5-2-1-3-6(4-5)10(8)9/h1,3-4,7,10H. The number of rotatable bonds is 1. The van der Waals surface area contributed by atoms with Gasteiger partial charge in [-0.05, 0) is 18.2 Å². The minimum absolute atomic E-state index is 0.103. The van der Waals surface area contributed by atoms with E-state index in [1.54, 1.807) is 0 Å². The molecular weight excluding hydrogens is 152 g/mol. The van der Waals surface area contributed by atoms with E-state index in [2.05, 4.69) is 6.07 Å². The Hall–Kier alpha value is -1.03. The van der Waals surface area contributed by atoms with Crippen LogP contribution in [0.2, 0.25) is 0 Å². The van der Waals surface area contributed by atoms with E-state index in [1.807, 2.05) is 0 Å². The van der Waals surface area contributed by atoms with E-state index in [1.165, 1.54) is 12.1 Å². The van der Waals surface area contributed by atoms with Gasteiger partial charge in [-0.15, -0.1) is 0 Å². The van der Waals surface area contributed by atoms with Crippen molar-refractivity contribution in [1.29, 1.82) is 0 Å². The third-order valence-corrected chi connectivity index (χ3v) is 1.68. The van der Waals surface area contributed by atoms with Crippen LogP contribution >= 0.6 is 0 Å². The first-order valence-corrected chi connectivity index (χ1v) is 3.73. The Kier molecular flexibility index (Phi) is 1.91. The van der Waals surface area contributed by atoms with Crippen molar-refractivity contribution in [3.05, 3.63) is 24.3 Å². The minimum Gasteiger partial charge on any atom is -0.507 e. The van der Waals surface area contributed by atoms with Crippen LogP contribution < -0.4 is 0 Å². The summed E-state index contributed by atoms with van der Waals surface area (Å²) in [6, 6.07) is 6.28. The summed E-state index contributed by atoms with van der Waals surface area (Å²) in [4.78, 5) is 0.103. The van der Waals surface area contributed by atoms with Crippen LogP contribution in [0.3, 0.4) is 0 Å². The minimum atomic E-state index is -2.59. The number of benzene rings is 1. The lowest BCUT2D eigenvalue weighted by atomic mass is 10.3. The molecular formula is C6H5O3S. The van der Waals surface area contributed by atoms with Crippen LogP contribution in [-0.4, -0.2) is 13.5 Å². The van der Waals surface area contributed by atoms with Crippen molar-refractivity contribution in [1.82, 2.24) is 0 Å². The first-order valence-electron chi connectivity index (χ1n) is 2.55. The van der Waals surface area contributed by atoms with Gasteiger partial charge in [-0.1, -0.05) is 0 Å². The van der Waals surface area contributed by atoms with Crippen molar-refractivity contribution in [3.63, 3.8) is 0 Å². The SMILES string of the molecule is O=[SH](=O)c1cc[c]c(O)c1. The average molecular weight is 157 g/mol. The van der Waals surface area contributed by atoms with Crippen molar-refractivity contribution in [3.8, 4) is 5.75 Å². The van der Waals surface area contributed by atoms with Crippen LogP contribution in [0, 0.1) is 6.07 Å². The van der Waals surface area contributed by atoms with Gasteiger partial charge in [-0.25, -0.2) is 8.42 Å². The summed E-state index contributed by atoms with van der Waals surface area (Å²) in [6.07, 6.45) is 0. The van der Waals surface area contributed by atoms with Crippen molar-refractivity contribution < 1.29 is 13.5 Å². The first kappa shape index (κ1) is 7.08. The average Bonchev–Trinajstić information content (AvgIpc) is 1.88. The Balaban J connectivity index is 3.19. The van der Waals surface area contributed by atoms with E-state index >= 15 is 0 Å². The molecule has 0 heterocycles. The normalized spacial score (nSPS) is 10.1. The molecule has 0 aliphatic heterocycles. The third-order valence-electron chi connectivity index (χ3n) is 0.981. The lowest BCUT2D eigenvalue weighted by Gasteiger charge is -1.89. The lowest BCUT2D eigenvalue weighted by molar-refractivity contribution is 0.472. The molecule has 0 aliphatic carbocycles. The van der Waals surface area contributed by atoms with E-state index in [0.29, 0.717) is 0 Å². The molecule has 0 aromatic heterocycles. The Labute approximate surface area is 59.9 Å². The van der Waals surface area contributed by atoms with Crippen molar-refractivity contribution in [2.75, 3.05) is 0 Å². The zero-order valence-corrected chi connectivity index (χ0v) is 5.84. The Morgan fingerprint density at radius 2 is 2.20 bits per heavy atom. The molecule has 0 fully saturated rings. The fourth-order valence-corrected chi connectivity index (χ4v) is 0.980. The van der Waals surface area contributed by atoms with Gasteiger partial charge in [0.05, 0.1) is 4.90 Å². The van der Waals surface area contributed by atoms with Gasteiger partial charge in [0.2, 0.25) is 0 Å². The van der Waals surface area contributed by atoms with E-state index in [4.69, 9.17) is 5.11 Å². The zero-order chi connectivity index (χ0) is 7.56. The predicted molar refractivity (Wildman–Crippen MR) is 35.5 cm³/mol. The third kappa shape index (κ3) is 1.48. The van der Waals surface area contributed by atoms with Gasteiger partial charge < -0.3 is 5.11 Å². The second kappa shape index (κ2) is 2.70. The fourth-order valence-electron chi connectivity index (χ4n) is 0.556. The number of phenolic OH excluding ortho intramolecular Hbond substituents is 1. The summed E-state index contributed by atoms with van der Waals surface area (Å²) in [6.45, 7) is 0. The zero-order valence-electron chi connectivity index (χ0n) is 4.94. The Bertz CT molecular complexity index is 296. The quantitative estimate of drug-likeness (QED) is 0.571. The molecule has 3 nitrogen and oxygen atoms in total. The molecule has 0 amide bonds. The highest BCUT2D eigenvalue weighted by atomic mass is 32.2.